The van der Waals surface area contributed by atoms with Crippen LogP contribution in [0.25, 0.3) is 0 Å². The second-order valence-corrected chi connectivity index (χ2v) is 4.28. The van der Waals surface area contributed by atoms with Crippen LogP contribution in [0.2, 0.25) is 0 Å². The van der Waals surface area contributed by atoms with E-state index >= 15 is 0 Å². The van der Waals surface area contributed by atoms with Gasteiger partial charge in [0.2, 0.25) is 0 Å². The maximum atomic E-state index is 9.59. The molecule has 0 aliphatic heterocycles. The number of likely N-dealkylation sites (N-methyl/N-ethyl adjacent to an activating group) is 1. The van der Waals surface area contributed by atoms with E-state index < -0.39 is 0 Å². The molecular weight excluding hydrogens is 138 g/mol. The van der Waals surface area contributed by atoms with Crippen LogP contribution >= 0.6 is 0 Å². The highest BCUT2D eigenvalue weighted by molar-refractivity contribution is 4.77. The maximum absolute atomic E-state index is 9.59. The Bertz CT molecular complexity index is 107. The molecule has 0 aliphatic rings. The summed E-state index contributed by atoms with van der Waals surface area (Å²) >= 11 is 0. The van der Waals surface area contributed by atoms with Crippen molar-refractivity contribution in [3.05, 3.63) is 0 Å². The Kier molecular flexibility index (Phi) is 4.04. The third kappa shape index (κ3) is 3.73. The Hall–Kier alpha value is -0.0800. The van der Waals surface area contributed by atoms with Crippen LogP contribution in [0, 0.1) is 11.3 Å². The Labute approximate surface area is 70.0 Å². The van der Waals surface area contributed by atoms with E-state index in [1.165, 1.54) is 0 Å². The molecular formula is C9H21NO. The fourth-order valence-corrected chi connectivity index (χ4v) is 0.963. The summed E-state index contributed by atoms with van der Waals surface area (Å²) in [7, 11) is 1.86. The van der Waals surface area contributed by atoms with E-state index in [4.69, 9.17) is 0 Å². The molecule has 0 saturated carbocycles. The van der Waals surface area contributed by atoms with Crippen LogP contribution in [-0.2, 0) is 0 Å². The largest absolute Gasteiger partial charge is 0.392 e. The average Bonchev–Trinajstić information content (AvgIpc) is 1.85. The van der Waals surface area contributed by atoms with Gasteiger partial charge in [0.1, 0.15) is 0 Å². The van der Waals surface area contributed by atoms with Gasteiger partial charge in [0.05, 0.1) is 6.10 Å². The molecule has 0 aliphatic carbocycles. The summed E-state index contributed by atoms with van der Waals surface area (Å²) in [4.78, 5) is 0. The van der Waals surface area contributed by atoms with Crippen LogP contribution in [0.4, 0.5) is 0 Å². The van der Waals surface area contributed by atoms with E-state index in [0.717, 1.165) is 0 Å². The minimum atomic E-state index is -0.236. The summed E-state index contributed by atoms with van der Waals surface area (Å²) < 4.78 is 0. The molecule has 0 aromatic heterocycles. The lowest BCUT2D eigenvalue weighted by Crippen LogP contribution is -2.36. The second kappa shape index (κ2) is 4.07. The van der Waals surface area contributed by atoms with E-state index in [-0.39, 0.29) is 11.5 Å². The lowest BCUT2D eigenvalue weighted by molar-refractivity contribution is 0.0557. The van der Waals surface area contributed by atoms with Gasteiger partial charge in [-0.2, -0.15) is 0 Å². The quantitative estimate of drug-likeness (QED) is 0.649. The third-order valence-electron chi connectivity index (χ3n) is 2.36. The molecule has 0 heterocycles. The van der Waals surface area contributed by atoms with Crippen LogP contribution in [-0.4, -0.2) is 24.8 Å². The zero-order valence-corrected chi connectivity index (χ0v) is 8.31. The first-order chi connectivity index (χ1) is 4.89. The standard InChI is InChI=1S/C9H21NO/c1-7(9(2,3)4)8(11)6-10-5/h7-8,10-11H,6H2,1-5H3. The number of aliphatic hydroxyl groups is 1. The van der Waals surface area contributed by atoms with E-state index in [9.17, 15) is 5.11 Å². The van der Waals surface area contributed by atoms with Crippen LogP contribution in [0.1, 0.15) is 27.7 Å². The highest BCUT2D eigenvalue weighted by atomic mass is 16.3. The molecule has 2 unspecified atom stereocenters. The van der Waals surface area contributed by atoms with Crippen molar-refractivity contribution in [3.63, 3.8) is 0 Å². The smallest absolute Gasteiger partial charge is 0.0694 e. The summed E-state index contributed by atoms with van der Waals surface area (Å²) in [5, 5.41) is 12.6. The first kappa shape index (κ1) is 10.9. The molecule has 0 rings (SSSR count). The number of rotatable bonds is 3. The Morgan fingerprint density at radius 3 is 2.09 bits per heavy atom. The highest BCUT2D eigenvalue weighted by Gasteiger charge is 2.25. The average molecular weight is 159 g/mol. The van der Waals surface area contributed by atoms with Crippen molar-refractivity contribution in [1.29, 1.82) is 0 Å². The first-order valence-corrected chi connectivity index (χ1v) is 4.22. The molecule has 68 valence electrons. The van der Waals surface area contributed by atoms with Crippen LogP contribution in [0.15, 0.2) is 0 Å². The van der Waals surface area contributed by atoms with Crippen molar-refractivity contribution in [2.45, 2.75) is 33.8 Å². The first-order valence-electron chi connectivity index (χ1n) is 4.22. The SMILES string of the molecule is CNCC(O)C(C)C(C)(C)C. The fraction of sp³-hybridized carbons (Fsp3) is 1.00. The monoisotopic (exact) mass is 159 g/mol. The highest BCUT2D eigenvalue weighted by Crippen LogP contribution is 2.27. The van der Waals surface area contributed by atoms with Gasteiger partial charge in [-0.3, -0.25) is 0 Å². The van der Waals surface area contributed by atoms with Gasteiger partial charge in [-0.25, -0.2) is 0 Å². The minimum absolute atomic E-state index is 0.191. The van der Waals surface area contributed by atoms with Crippen LogP contribution < -0.4 is 5.32 Å². The van der Waals surface area contributed by atoms with Gasteiger partial charge >= 0.3 is 0 Å². The molecule has 2 N–H and O–H groups in total. The lowest BCUT2D eigenvalue weighted by Gasteiger charge is -2.31. The molecule has 2 atom stereocenters. The summed E-state index contributed by atoms with van der Waals surface area (Å²) in [6, 6.07) is 0. The molecule has 0 aromatic rings. The van der Waals surface area contributed by atoms with Crippen molar-refractivity contribution in [2.24, 2.45) is 11.3 Å². The predicted octanol–water partition coefficient (Wildman–Crippen LogP) is 1.25. The molecule has 0 fully saturated rings. The van der Waals surface area contributed by atoms with Gasteiger partial charge in [-0.15, -0.1) is 0 Å². The summed E-state index contributed by atoms with van der Waals surface area (Å²) in [5.74, 6) is 0.329. The van der Waals surface area contributed by atoms with Crippen molar-refractivity contribution >= 4 is 0 Å². The molecule has 0 amide bonds. The Morgan fingerprint density at radius 1 is 1.36 bits per heavy atom. The minimum Gasteiger partial charge on any atom is -0.392 e. The van der Waals surface area contributed by atoms with Gasteiger partial charge in [0.15, 0.2) is 0 Å². The molecule has 11 heavy (non-hydrogen) atoms. The predicted molar refractivity (Wildman–Crippen MR) is 48.6 cm³/mol. The molecule has 2 heteroatoms. The topological polar surface area (TPSA) is 32.3 Å². The summed E-state index contributed by atoms with van der Waals surface area (Å²) in [6.07, 6.45) is -0.236. The van der Waals surface area contributed by atoms with Gasteiger partial charge in [-0.05, 0) is 18.4 Å². The van der Waals surface area contributed by atoms with Crippen LogP contribution in [0.3, 0.4) is 0 Å². The Balaban J connectivity index is 3.91. The van der Waals surface area contributed by atoms with E-state index in [1.807, 2.05) is 7.05 Å². The number of aliphatic hydroxyl groups excluding tert-OH is 1. The molecule has 0 radical (unpaired) electrons. The summed E-state index contributed by atoms with van der Waals surface area (Å²) in [6.45, 7) is 9.21. The van der Waals surface area contributed by atoms with E-state index in [2.05, 4.69) is 33.0 Å². The number of hydrogen-bond acceptors (Lipinski definition) is 2. The van der Waals surface area contributed by atoms with E-state index in [0.29, 0.717) is 12.5 Å². The molecule has 0 saturated heterocycles. The summed E-state index contributed by atoms with van der Waals surface area (Å²) in [5.41, 5.74) is 0.191. The molecule has 0 aromatic carbocycles. The van der Waals surface area contributed by atoms with Crippen molar-refractivity contribution in [2.75, 3.05) is 13.6 Å². The fourth-order valence-electron chi connectivity index (χ4n) is 0.963. The second-order valence-electron chi connectivity index (χ2n) is 4.28. The maximum Gasteiger partial charge on any atom is 0.0694 e. The van der Waals surface area contributed by atoms with Crippen LogP contribution in [0.5, 0.6) is 0 Å². The zero-order chi connectivity index (χ0) is 9.07. The third-order valence-corrected chi connectivity index (χ3v) is 2.36. The number of hydrogen-bond donors (Lipinski definition) is 2. The normalized spacial score (nSPS) is 18.0. The van der Waals surface area contributed by atoms with Gasteiger partial charge in [0.25, 0.3) is 0 Å². The Morgan fingerprint density at radius 2 is 1.82 bits per heavy atom. The van der Waals surface area contributed by atoms with Crippen molar-refractivity contribution in [1.82, 2.24) is 5.32 Å². The molecule has 2 nitrogen and oxygen atoms in total. The van der Waals surface area contributed by atoms with Gasteiger partial charge in [0, 0.05) is 6.54 Å². The van der Waals surface area contributed by atoms with Gasteiger partial charge < -0.3 is 10.4 Å². The molecule has 0 bridgehead atoms. The van der Waals surface area contributed by atoms with Crippen molar-refractivity contribution in [3.8, 4) is 0 Å². The van der Waals surface area contributed by atoms with Gasteiger partial charge in [-0.1, -0.05) is 27.7 Å². The number of nitrogens with one attached hydrogen (secondary N) is 1. The van der Waals surface area contributed by atoms with E-state index in [1.54, 1.807) is 0 Å². The lowest BCUT2D eigenvalue weighted by atomic mass is 9.79. The molecule has 0 spiro atoms. The van der Waals surface area contributed by atoms with Crippen molar-refractivity contribution < 1.29 is 5.11 Å². The zero-order valence-electron chi connectivity index (χ0n) is 8.31.